The summed E-state index contributed by atoms with van der Waals surface area (Å²) in [4.78, 5) is 0.206. The van der Waals surface area contributed by atoms with Crippen LogP contribution in [0.5, 0.6) is 0 Å². The molecule has 1 aliphatic rings. The van der Waals surface area contributed by atoms with E-state index in [0.29, 0.717) is 37.1 Å². The summed E-state index contributed by atoms with van der Waals surface area (Å²) >= 11 is 1.02. The number of hydrogen-bond acceptors (Lipinski definition) is 5. The van der Waals surface area contributed by atoms with Gasteiger partial charge in [-0.2, -0.15) is 13.1 Å². The number of rotatable bonds is 5. The summed E-state index contributed by atoms with van der Waals surface area (Å²) in [6.07, 6.45) is 2.63. The minimum absolute atomic E-state index is 0.206. The van der Waals surface area contributed by atoms with E-state index in [-0.39, 0.29) is 10.7 Å². The molecule has 36 heavy (non-hydrogen) atoms. The molecule has 0 radical (unpaired) electrons. The molecule has 0 atom stereocenters. The Morgan fingerprint density at radius 2 is 1.81 bits per heavy atom. The molecular weight excluding hydrogens is 495 g/mol. The van der Waals surface area contributed by atoms with Crippen molar-refractivity contribution >= 4 is 49.3 Å². The van der Waals surface area contributed by atoms with E-state index >= 15 is 0 Å². The molecule has 3 aromatic carbocycles. The molecule has 5 aromatic rings. The fourth-order valence-electron chi connectivity index (χ4n) is 5.04. The summed E-state index contributed by atoms with van der Waals surface area (Å²) in [6.45, 7) is 3.41. The largest absolute Gasteiger partial charge is 0.340 e. The number of para-hydroxylation sites is 1. The molecule has 9 heteroatoms. The summed E-state index contributed by atoms with van der Waals surface area (Å²) < 4.78 is 52.5. The minimum atomic E-state index is -3.70. The molecule has 0 saturated carbocycles. The normalized spacial score (nSPS) is 15.0. The third-order valence-electron chi connectivity index (χ3n) is 6.84. The van der Waals surface area contributed by atoms with Crippen molar-refractivity contribution in [3.63, 3.8) is 0 Å². The average Bonchev–Trinajstić information content (AvgIpc) is 3.48. The van der Waals surface area contributed by atoms with Crippen molar-refractivity contribution in [1.82, 2.24) is 17.6 Å². The molecule has 0 spiro atoms. The smallest absolute Gasteiger partial charge is 0.245 e. The maximum Gasteiger partial charge on any atom is 0.245 e. The summed E-state index contributed by atoms with van der Waals surface area (Å²) in [7, 11) is -3.70. The number of halogens is 1. The Morgan fingerprint density at radius 3 is 2.58 bits per heavy atom. The van der Waals surface area contributed by atoms with Crippen LogP contribution >= 0.6 is 11.7 Å². The Labute approximate surface area is 212 Å². The molecule has 3 heterocycles. The third-order valence-corrected chi connectivity index (χ3v) is 9.28. The van der Waals surface area contributed by atoms with E-state index in [4.69, 9.17) is 0 Å². The molecule has 0 saturated heterocycles. The zero-order valence-corrected chi connectivity index (χ0v) is 21.2. The number of hydrogen-bond donors (Lipinski definition) is 0. The molecule has 2 aromatic heterocycles. The van der Waals surface area contributed by atoms with Gasteiger partial charge in [-0.3, -0.25) is 0 Å². The molecule has 6 nitrogen and oxygen atoms in total. The topological polar surface area (TPSA) is 68.1 Å². The van der Waals surface area contributed by atoms with Crippen LogP contribution in [0.4, 0.5) is 4.39 Å². The number of fused-ring (bicyclic) bond motifs is 2. The maximum atomic E-state index is 13.5. The van der Waals surface area contributed by atoms with Gasteiger partial charge < -0.3 is 4.57 Å². The monoisotopic (exact) mass is 518 g/mol. The van der Waals surface area contributed by atoms with Crippen LogP contribution in [-0.2, 0) is 16.6 Å². The lowest BCUT2D eigenvalue weighted by atomic mass is 9.97. The first-order chi connectivity index (χ1) is 17.4. The van der Waals surface area contributed by atoms with Crippen LogP contribution in [0.15, 0.2) is 77.7 Å². The van der Waals surface area contributed by atoms with Crippen molar-refractivity contribution in [2.45, 2.75) is 24.8 Å². The standard InChI is InChI=1S/C27H23FN4O2S2/c1-18-26(22-5-2-3-7-24(22)32(18)17-19-9-11-21(28)12-10-19)20-13-15-31(16-14-20)36(33,34)25-8-4-6-23-27(25)30-35-29-23/h2-13H,14-17H2,1H3. The van der Waals surface area contributed by atoms with Crippen LogP contribution in [0.25, 0.3) is 27.5 Å². The van der Waals surface area contributed by atoms with Gasteiger partial charge in [0.15, 0.2) is 0 Å². The fourth-order valence-corrected chi connectivity index (χ4v) is 7.17. The molecule has 6 rings (SSSR count). The molecule has 0 aliphatic carbocycles. The van der Waals surface area contributed by atoms with E-state index < -0.39 is 10.0 Å². The maximum absolute atomic E-state index is 13.5. The first kappa shape index (κ1) is 23.0. The third kappa shape index (κ3) is 3.84. The Hall–Kier alpha value is -3.40. The average molecular weight is 519 g/mol. The van der Waals surface area contributed by atoms with E-state index in [0.717, 1.165) is 45.0 Å². The van der Waals surface area contributed by atoms with Gasteiger partial charge >= 0.3 is 0 Å². The van der Waals surface area contributed by atoms with Gasteiger partial charge in [-0.25, -0.2) is 12.8 Å². The Balaban J connectivity index is 1.35. The van der Waals surface area contributed by atoms with Crippen molar-refractivity contribution in [1.29, 1.82) is 0 Å². The van der Waals surface area contributed by atoms with Crippen molar-refractivity contribution in [2.24, 2.45) is 0 Å². The van der Waals surface area contributed by atoms with Crippen LogP contribution < -0.4 is 0 Å². The van der Waals surface area contributed by atoms with Crippen molar-refractivity contribution < 1.29 is 12.8 Å². The molecular formula is C27H23FN4O2S2. The predicted molar refractivity (Wildman–Crippen MR) is 141 cm³/mol. The molecule has 182 valence electrons. The van der Waals surface area contributed by atoms with Gasteiger partial charge in [0.05, 0.1) is 11.7 Å². The van der Waals surface area contributed by atoms with Gasteiger partial charge in [0.1, 0.15) is 21.7 Å². The molecule has 0 fully saturated rings. The number of sulfonamides is 1. The summed E-state index contributed by atoms with van der Waals surface area (Å²) in [5, 5.41) is 1.14. The van der Waals surface area contributed by atoms with Gasteiger partial charge in [0, 0.05) is 41.8 Å². The molecule has 0 N–H and O–H groups in total. The lowest BCUT2D eigenvalue weighted by Crippen LogP contribution is -2.34. The highest BCUT2D eigenvalue weighted by molar-refractivity contribution is 7.89. The van der Waals surface area contributed by atoms with E-state index in [1.807, 2.05) is 30.3 Å². The zero-order valence-electron chi connectivity index (χ0n) is 19.6. The van der Waals surface area contributed by atoms with Crippen LogP contribution in [0.1, 0.15) is 23.2 Å². The van der Waals surface area contributed by atoms with E-state index in [2.05, 4.69) is 32.4 Å². The second-order valence-corrected chi connectivity index (χ2v) is 11.4. The fraction of sp³-hybridized carbons (Fsp3) is 0.185. The molecule has 0 unspecified atom stereocenters. The SMILES string of the molecule is Cc1c(C2=CCN(S(=O)(=O)c3cccc4nsnc34)CC2)c2ccccc2n1Cc1ccc(F)cc1. The van der Waals surface area contributed by atoms with Crippen molar-refractivity contribution in [3.05, 3.63) is 95.4 Å². The second kappa shape index (κ2) is 8.92. The van der Waals surface area contributed by atoms with Gasteiger partial charge in [0.25, 0.3) is 0 Å². The summed E-state index contributed by atoms with van der Waals surface area (Å²) in [6, 6.07) is 19.9. The highest BCUT2D eigenvalue weighted by Crippen LogP contribution is 2.36. The minimum Gasteiger partial charge on any atom is -0.340 e. The number of nitrogens with zero attached hydrogens (tertiary/aromatic N) is 4. The highest BCUT2D eigenvalue weighted by Gasteiger charge is 2.30. The number of benzene rings is 3. The van der Waals surface area contributed by atoms with Crippen LogP contribution in [0, 0.1) is 12.7 Å². The first-order valence-electron chi connectivity index (χ1n) is 11.7. The molecule has 1 aliphatic heterocycles. The quantitative estimate of drug-likeness (QED) is 0.303. The van der Waals surface area contributed by atoms with Crippen molar-refractivity contribution in [2.75, 3.05) is 13.1 Å². The van der Waals surface area contributed by atoms with Gasteiger partial charge in [-0.15, -0.1) is 0 Å². The van der Waals surface area contributed by atoms with Gasteiger partial charge in [0.2, 0.25) is 10.0 Å². The van der Waals surface area contributed by atoms with Crippen molar-refractivity contribution in [3.8, 4) is 0 Å². The lowest BCUT2D eigenvalue weighted by Gasteiger charge is -2.26. The predicted octanol–water partition coefficient (Wildman–Crippen LogP) is 5.62. The second-order valence-electron chi connectivity index (χ2n) is 8.92. The highest BCUT2D eigenvalue weighted by atomic mass is 32.2. The van der Waals surface area contributed by atoms with Crippen LogP contribution in [0.3, 0.4) is 0 Å². The van der Waals surface area contributed by atoms with E-state index in [1.165, 1.54) is 16.4 Å². The van der Waals surface area contributed by atoms with Gasteiger partial charge in [-0.05, 0) is 54.8 Å². The zero-order chi connectivity index (χ0) is 24.9. The summed E-state index contributed by atoms with van der Waals surface area (Å²) in [5.41, 5.74) is 6.55. The van der Waals surface area contributed by atoms with E-state index in [1.54, 1.807) is 18.2 Å². The Bertz CT molecular complexity index is 1740. The van der Waals surface area contributed by atoms with Crippen LogP contribution in [0.2, 0.25) is 0 Å². The Kier molecular flexibility index (Phi) is 5.70. The van der Waals surface area contributed by atoms with Crippen LogP contribution in [-0.4, -0.2) is 39.1 Å². The first-order valence-corrected chi connectivity index (χ1v) is 13.8. The Morgan fingerprint density at radius 1 is 1.00 bits per heavy atom. The van der Waals surface area contributed by atoms with Gasteiger partial charge in [-0.1, -0.05) is 42.5 Å². The molecule has 0 bridgehead atoms. The molecule has 0 amide bonds. The van der Waals surface area contributed by atoms with E-state index in [9.17, 15) is 12.8 Å². The number of aromatic nitrogens is 3. The summed E-state index contributed by atoms with van der Waals surface area (Å²) in [5.74, 6) is -0.248. The lowest BCUT2D eigenvalue weighted by molar-refractivity contribution is 0.442.